The summed E-state index contributed by atoms with van der Waals surface area (Å²) in [6.45, 7) is 2.29. The van der Waals surface area contributed by atoms with Gasteiger partial charge in [0.15, 0.2) is 5.16 Å². The molecule has 0 atom stereocenters. The highest BCUT2D eigenvalue weighted by Crippen LogP contribution is 2.39. The van der Waals surface area contributed by atoms with Gasteiger partial charge < -0.3 is 9.30 Å². The molecule has 0 aromatic carbocycles. The third kappa shape index (κ3) is 4.57. The van der Waals surface area contributed by atoms with Crippen LogP contribution in [0.2, 0.25) is 0 Å². The van der Waals surface area contributed by atoms with Crippen molar-refractivity contribution in [2.75, 3.05) is 12.4 Å². The van der Waals surface area contributed by atoms with Crippen LogP contribution in [-0.2, 0) is 16.0 Å². The molecule has 0 aliphatic heterocycles. The Labute approximate surface area is 144 Å². The van der Waals surface area contributed by atoms with Gasteiger partial charge in [-0.1, -0.05) is 17.8 Å². The molecule has 2 aromatic rings. The third-order valence-corrected chi connectivity index (χ3v) is 5.53. The zero-order valence-corrected chi connectivity index (χ0v) is 14.9. The van der Waals surface area contributed by atoms with Gasteiger partial charge in [-0.05, 0) is 37.6 Å². The predicted molar refractivity (Wildman–Crippen MR) is 92.0 cm³/mol. The lowest BCUT2D eigenvalue weighted by Crippen LogP contribution is -2.05. The first-order chi connectivity index (χ1) is 11.3. The van der Waals surface area contributed by atoms with Crippen LogP contribution in [0.5, 0.6) is 0 Å². The van der Waals surface area contributed by atoms with Crippen LogP contribution in [0.3, 0.4) is 0 Å². The van der Waals surface area contributed by atoms with Crippen molar-refractivity contribution in [2.45, 2.75) is 50.2 Å². The second-order valence-corrected chi connectivity index (χ2v) is 7.61. The molecule has 5 nitrogen and oxygen atoms in total. The van der Waals surface area contributed by atoms with E-state index in [1.54, 1.807) is 23.1 Å². The molecule has 1 fully saturated rings. The van der Waals surface area contributed by atoms with Crippen LogP contribution in [0.4, 0.5) is 0 Å². The molecule has 0 spiro atoms. The molecule has 7 heteroatoms. The minimum absolute atomic E-state index is 0.116. The van der Waals surface area contributed by atoms with E-state index in [9.17, 15) is 4.79 Å². The Kier molecular flexibility index (Phi) is 5.72. The lowest BCUT2D eigenvalue weighted by atomic mass is 10.3. The summed E-state index contributed by atoms with van der Waals surface area (Å²) in [5, 5.41) is 11.9. The van der Waals surface area contributed by atoms with Crippen molar-refractivity contribution in [2.24, 2.45) is 0 Å². The largest absolute Gasteiger partial charge is 0.466 e. The average molecular weight is 351 g/mol. The normalized spacial score (nSPS) is 14.1. The number of rotatable bonds is 9. The molecule has 2 heterocycles. The van der Waals surface area contributed by atoms with Crippen LogP contribution in [-0.4, -0.2) is 33.1 Å². The first kappa shape index (κ1) is 16.5. The fourth-order valence-electron chi connectivity index (χ4n) is 2.41. The van der Waals surface area contributed by atoms with Crippen molar-refractivity contribution < 1.29 is 9.53 Å². The molecular weight excluding hydrogens is 330 g/mol. The Morgan fingerprint density at radius 2 is 2.35 bits per heavy atom. The quantitative estimate of drug-likeness (QED) is 0.392. The number of ether oxygens (including phenoxy) is 1. The van der Waals surface area contributed by atoms with E-state index >= 15 is 0 Å². The van der Waals surface area contributed by atoms with Gasteiger partial charge in [0.2, 0.25) is 0 Å². The molecule has 0 bridgehead atoms. The summed E-state index contributed by atoms with van der Waals surface area (Å²) in [6.07, 6.45) is 4.56. The van der Waals surface area contributed by atoms with Gasteiger partial charge in [0, 0.05) is 29.5 Å². The second kappa shape index (κ2) is 7.97. The van der Waals surface area contributed by atoms with Gasteiger partial charge in [-0.2, -0.15) is 0 Å². The number of hydrogen-bond donors (Lipinski definition) is 0. The number of carbonyl (C=O) groups is 1. The fourth-order valence-corrected chi connectivity index (χ4v) is 4.07. The van der Waals surface area contributed by atoms with E-state index in [0.717, 1.165) is 29.6 Å². The Morgan fingerprint density at radius 1 is 1.48 bits per heavy atom. The Hall–Kier alpha value is -1.34. The van der Waals surface area contributed by atoms with Crippen molar-refractivity contribution in [1.29, 1.82) is 0 Å². The molecule has 0 saturated heterocycles. The fraction of sp³-hybridized carbons (Fsp3) is 0.562. The first-order valence-electron chi connectivity index (χ1n) is 8.02. The maximum absolute atomic E-state index is 11.4. The monoisotopic (exact) mass is 351 g/mol. The predicted octanol–water partition coefficient (Wildman–Crippen LogP) is 3.70. The van der Waals surface area contributed by atoms with E-state index in [-0.39, 0.29) is 5.97 Å². The van der Waals surface area contributed by atoms with Crippen molar-refractivity contribution in [3.63, 3.8) is 0 Å². The van der Waals surface area contributed by atoms with Gasteiger partial charge in [-0.25, -0.2) is 0 Å². The molecule has 124 valence electrons. The summed E-state index contributed by atoms with van der Waals surface area (Å²) in [5.74, 6) is 1.81. The summed E-state index contributed by atoms with van der Waals surface area (Å²) in [4.78, 5) is 12.7. The van der Waals surface area contributed by atoms with Crippen LogP contribution >= 0.6 is 23.1 Å². The minimum Gasteiger partial charge on any atom is -0.466 e. The van der Waals surface area contributed by atoms with Crippen LogP contribution < -0.4 is 0 Å². The maximum Gasteiger partial charge on any atom is 0.305 e. The van der Waals surface area contributed by atoms with E-state index < -0.39 is 0 Å². The van der Waals surface area contributed by atoms with Crippen molar-refractivity contribution in [1.82, 2.24) is 14.8 Å². The Bertz CT molecular complexity index is 636. The summed E-state index contributed by atoms with van der Waals surface area (Å²) in [5.41, 5.74) is 0. The van der Waals surface area contributed by atoms with E-state index in [4.69, 9.17) is 4.74 Å². The van der Waals surface area contributed by atoms with Gasteiger partial charge in [-0.3, -0.25) is 4.79 Å². The molecule has 0 N–H and O–H groups in total. The topological polar surface area (TPSA) is 57.0 Å². The number of thioether (sulfide) groups is 1. The Morgan fingerprint density at radius 3 is 3.04 bits per heavy atom. The van der Waals surface area contributed by atoms with Gasteiger partial charge in [0.1, 0.15) is 5.82 Å². The summed E-state index contributed by atoms with van der Waals surface area (Å²) in [7, 11) is 0. The number of esters is 1. The van der Waals surface area contributed by atoms with Gasteiger partial charge >= 0.3 is 5.97 Å². The number of thiophene rings is 1. The lowest BCUT2D eigenvalue weighted by molar-refractivity contribution is -0.143. The second-order valence-electron chi connectivity index (χ2n) is 5.51. The minimum atomic E-state index is -0.116. The van der Waals surface area contributed by atoms with E-state index in [0.29, 0.717) is 19.1 Å². The Balaban J connectivity index is 1.57. The summed E-state index contributed by atoms with van der Waals surface area (Å²) < 4.78 is 7.25. The molecule has 1 saturated carbocycles. The SMILES string of the molecule is CCOC(=O)CCCSc1nnc(Cc2cccs2)n1C1CC1. The highest BCUT2D eigenvalue weighted by molar-refractivity contribution is 7.99. The zero-order chi connectivity index (χ0) is 16.1. The molecule has 3 rings (SSSR count). The molecule has 2 aromatic heterocycles. The van der Waals surface area contributed by atoms with Gasteiger partial charge in [-0.15, -0.1) is 21.5 Å². The first-order valence-corrected chi connectivity index (χ1v) is 9.89. The molecule has 1 aliphatic rings. The van der Waals surface area contributed by atoms with E-state index in [2.05, 4.69) is 32.3 Å². The smallest absolute Gasteiger partial charge is 0.305 e. The number of aromatic nitrogens is 3. The average Bonchev–Trinajstić information content (AvgIpc) is 3.09. The van der Waals surface area contributed by atoms with Crippen LogP contribution in [0.15, 0.2) is 22.7 Å². The summed E-state index contributed by atoms with van der Waals surface area (Å²) >= 11 is 3.45. The molecule has 1 aliphatic carbocycles. The molecule has 0 radical (unpaired) electrons. The molecule has 0 unspecified atom stereocenters. The van der Waals surface area contributed by atoms with Crippen molar-refractivity contribution in [3.05, 3.63) is 28.2 Å². The number of hydrogen-bond acceptors (Lipinski definition) is 6. The van der Waals surface area contributed by atoms with Crippen molar-refractivity contribution >= 4 is 29.1 Å². The van der Waals surface area contributed by atoms with E-state index in [1.807, 2.05) is 6.92 Å². The molecular formula is C16H21N3O2S2. The zero-order valence-electron chi connectivity index (χ0n) is 13.2. The van der Waals surface area contributed by atoms with Crippen LogP contribution in [0, 0.1) is 0 Å². The third-order valence-electron chi connectivity index (χ3n) is 3.62. The highest BCUT2D eigenvalue weighted by Gasteiger charge is 2.29. The summed E-state index contributed by atoms with van der Waals surface area (Å²) in [6, 6.07) is 4.78. The lowest BCUT2D eigenvalue weighted by Gasteiger charge is -2.08. The molecule has 0 amide bonds. The number of carbonyl (C=O) groups excluding carboxylic acids is 1. The highest BCUT2D eigenvalue weighted by atomic mass is 32.2. The van der Waals surface area contributed by atoms with Gasteiger partial charge in [0.05, 0.1) is 6.61 Å². The van der Waals surface area contributed by atoms with Crippen LogP contribution in [0.1, 0.15) is 49.4 Å². The van der Waals surface area contributed by atoms with Crippen LogP contribution in [0.25, 0.3) is 0 Å². The standard InChI is InChI=1S/C16H21N3O2S2/c1-2-21-15(20)6-4-10-23-16-18-17-14(19(16)12-7-8-12)11-13-5-3-9-22-13/h3,5,9,12H,2,4,6-8,10-11H2,1H3. The van der Waals surface area contributed by atoms with Crippen molar-refractivity contribution in [3.8, 4) is 0 Å². The maximum atomic E-state index is 11.4. The molecule has 23 heavy (non-hydrogen) atoms. The van der Waals surface area contributed by atoms with E-state index in [1.165, 1.54) is 17.7 Å². The van der Waals surface area contributed by atoms with Gasteiger partial charge in [0.25, 0.3) is 0 Å². The number of nitrogens with zero attached hydrogens (tertiary/aromatic N) is 3.